The average Bonchev–Trinajstić information content (AvgIpc) is 3.01. The normalized spacial score (nSPS) is 10.3. The van der Waals surface area contributed by atoms with Crippen LogP contribution in [-0.2, 0) is 4.79 Å². The van der Waals surface area contributed by atoms with Crippen molar-refractivity contribution in [1.82, 2.24) is 14.5 Å². The molecular formula is C16H17ClN4OS. The first-order valence-corrected chi connectivity index (χ1v) is 8.43. The molecule has 2 rings (SSSR count). The van der Waals surface area contributed by atoms with Crippen LogP contribution >= 0.6 is 23.4 Å². The molecule has 0 aliphatic heterocycles. The Morgan fingerprint density at radius 2 is 2.30 bits per heavy atom. The van der Waals surface area contributed by atoms with Gasteiger partial charge in [0.2, 0.25) is 5.91 Å². The van der Waals surface area contributed by atoms with Gasteiger partial charge in [0.1, 0.15) is 0 Å². The number of thioether (sulfide) groups is 1. The topological polar surface area (TPSA) is 61.9 Å². The summed E-state index contributed by atoms with van der Waals surface area (Å²) in [6.07, 6.45) is 3.89. The predicted octanol–water partition coefficient (Wildman–Crippen LogP) is 3.30. The molecule has 120 valence electrons. The van der Waals surface area contributed by atoms with Crippen molar-refractivity contribution in [2.24, 2.45) is 0 Å². The lowest BCUT2D eigenvalue weighted by atomic mass is 10.2. The first kappa shape index (κ1) is 17.4. The molecule has 23 heavy (non-hydrogen) atoms. The van der Waals surface area contributed by atoms with Crippen molar-refractivity contribution < 1.29 is 4.79 Å². The second-order valence-electron chi connectivity index (χ2n) is 4.98. The van der Waals surface area contributed by atoms with E-state index in [2.05, 4.69) is 4.98 Å². The summed E-state index contributed by atoms with van der Waals surface area (Å²) in [5, 5.41) is 10.00. The number of amides is 1. The first-order chi connectivity index (χ1) is 11.0. The quantitative estimate of drug-likeness (QED) is 0.751. The molecule has 5 nitrogen and oxygen atoms in total. The van der Waals surface area contributed by atoms with Crippen LogP contribution in [-0.4, -0.2) is 39.7 Å². The molecule has 2 aromatic rings. The molecule has 0 aliphatic carbocycles. The van der Waals surface area contributed by atoms with Gasteiger partial charge in [0, 0.05) is 31.0 Å². The van der Waals surface area contributed by atoms with Gasteiger partial charge in [0.25, 0.3) is 0 Å². The van der Waals surface area contributed by atoms with Crippen LogP contribution in [0.5, 0.6) is 0 Å². The van der Waals surface area contributed by atoms with Gasteiger partial charge in [-0.3, -0.25) is 9.36 Å². The molecule has 1 aromatic carbocycles. The van der Waals surface area contributed by atoms with Gasteiger partial charge in [0.15, 0.2) is 5.16 Å². The number of carbonyl (C=O) groups is 1. The van der Waals surface area contributed by atoms with Crippen molar-refractivity contribution in [2.75, 3.05) is 19.3 Å². The van der Waals surface area contributed by atoms with Crippen LogP contribution in [0.2, 0.25) is 5.02 Å². The van der Waals surface area contributed by atoms with Crippen LogP contribution in [0.15, 0.2) is 35.7 Å². The minimum Gasteiger partial charge on any atom is -0.344 e. The lowest BCUT2D eigenvalue weighted by Gasteiger charge is -2.15. The molecule has 1 heterocycles. The predicted molar refractivity (Wildman–Crippen MR) is 91.9 cm³/mol. The van der Waals surface area contributed by atoms with E-state index in [4.69, 9.17) is 16.9 Å². The van der Waals surface area contributed by atoms with Gasteiger partial charge in [-0.05, 0) is 24.6 Å². The highest BCUT2D eigenvalue weighted by molar-refractivity contribution is 7.99. The zero-order chi connectivity index (χ0) is 16.8. The summed E-state index contributed by atoms with van der Waals surface area (Å²) in [5.74, 6) is 0.251. The maximum absolute atomic E-state index is 12.1. The zero-order valence-electron chi connectivity index (χ0n) is 13.0. The zero-order valence-corrected chi connectivity index (χ0v) is 14.6. The number of nitrogens with zero attached hydrogens (tertiary/aromatic N) is 4. The molecule has 1 aromatic heterocycles. The first-order valence-electron chi connectivity index (χ1n) is 7.07. The molecule has 0 aliphatic rings. The van der Waals surface area contributed by atoms with Gasteiger partial charge in [-0.1, -0.05) is 29.4 Å². The van der Waals surface area contributed by atoms with E-state index in [0.29, 0.717) is 18.0 Å². The van der Waals surface area contributed by atoms with Crippen LogP contribution in [0, 0.1) is 18.3 Å². The van der Waals surface area contributed by atoms with E-state index < -0.39 is 0 Å². The SMILES string of the molecule is Cc1c(Cl)cccc1-n1ccnc1SCC(=O)N(C)CCC#N. The van der Waals surface area contributed by atoms with Gasteiger partial charge < -0.3 is 4.90 Å². The number of halogens is 1. The number of aromatic nitrogens is 2. The highest BCUT2D eigenvalue weighted by Crippen LogP contribution is 2.26. The van der Waals surface area contributed by atoms with Crippen LogP contribution < -0.4 is 0 Å². The number of hydrogen-bond acceptors (Lipinski definition) is 4. The van der Waals surface area contributed by atoms with E-state index in [9.17, 15) is 4.79 Å². The van der Waals surface area contributed by atoms with Crippen molar-refractivity contribution in [3.05, 3.63) is 41.2 Å². The second-order valence-corrected chi connectivity index (χ2v) is 6.33. The summed E-state index contributed by atoms with van der Waals surface area (Å²) >= 11 is 7.54. The molecule has 0 radical (unpaired) electrons. The average molecular weight is 349 g/mol. The minimum absolute atomic E-state index is 0.0254. The molecule has 1 amide bonds. The monoisotopic (exact) mass is 348 g/mol. The van der Waals surface area contributed by atoms with Crippen molar-refractivity contribution in [3.63, 3.8) is 0 Å². The number of benzene rings is 1. The van der Waals surface area contributed by atoms with E-state index >= 15 is 0 Å². The summed E-state index contributed by atoms with van der Waals surface area (Å²) in [6.45, 7) is 2.39. The van der Waals surface area contributed by atoms with E-state index in [0.717, 1.165) is 16.4 Å². The molecule has 0 atom stereocenters. The van der Waals surface area contributed by atoms with Crippen LogP contribution in [0.25, 0.3) is 5.69 Å². The number of imidazole rings is 1. The van der Waals surface area contributed by atoms with Crippen molar-refractivity contribution in [2.45, 2.75) is 18.5 Å². The van der Waals surface area contributed by atoms with Crippen molar-refractivity contribution in [3.8, 4) is 11.8 Å². The molecule has 7 heteroatoms. The van der Waals surface area contributed by atoms with E-state index in [-0.39, 0.29) is 11.7 Å². The fourth-order valence-electron chi connectivity index (χ4n) is 2.02. The van der Waals surface area contributed by atoms with Crippen molar-refractivity contribution >= 4 is 29.3 Å². The number of carbonyl (C=O) groups excluding carboxylic acids is 1. The lowest BCUT2D eigenvalue weighted by molar-refractivity contribution is -0.127. The molecule has 0 saturated carbocycles. The Kier molecular flexibility index (Phi) is 6.08. The maximum Gasteiger partial charge on any atom is 0.232 e. The van der Waals surface area contributed by atoms with Gasteiger partial charge in [-0.25, -0.2) is 4.98 Å². The largest absolute Gasteiger partial charge is 0.344 e. The molecule has 0 fully saturated rings. The molecule has 0 unspecified atom stereocenters. The Morgan fingerprint density at radius 3 is 3.04 bits per heavy atom. The lowest BCUT2D eigenvalue weighted by Crippen LogP contribution is -2.29. The molecule has 0 saturated heterocycles. The Bertz CT molecular complexity index is 738. The third-order valence-corrected chi connectivity index (χ3v) is 4.78. The van der Waals surface area contributed by atoms with E-state index in [1.165, 1.54) is 11.8 Å². The highest BCUT2D eigenvalue weighted by atomic mass is 35.5. The summed E-state index contributed by atoms with van der Waals surface area (Å²) in [7, 11) is 1.70. The second kappa shape index (κ2) is 8.04. The highest BCUT2D eigenvalue weighted by Gasteiger charge is 2.13. The molecular weight excluding hydrogens is 332 g/mol. The van der Waals surface area contributed by atoms with Crippen molar-refractivity contribution in [1.29, 1.82) is 5.26 Å². The maximum atomic E-state index is 12.1. The smallest absolute Gasteiger partial charge is 0.232 e. The van der Waals surface area contributed by atoms with Crippen LogP contribution in [0.4, 0.5) is 0 Å². The minimum atomic E-state index is -0.0254. The fraction of sp³-hybridized carbons (Fsp3) is 0.312. The van der Waals surface area contributed by atoms with Gasteiger partial charge in [-0.15, -0.1) is 0 Å². The number of nitriles is 1. The Morgan fingerprint density at radius 1 is 1.52 bits per heavy atom. The molecule has 0 N–H and O–H groups in total. The summed E-state index contributed by atoms with van der Waals surface area (Å²) in [5.41, 5.74) is 1.91. The van der Waals surface area contributed by atoms with Crippen LogP contribution in [0.3, 0.4) is 0 Å². The Balaban J connectivity index is 2.09. The van der Waals surface area contributed by atoms with Gasteiger partial charge >= 0.3 is 0 Å². The number of rotatable bonds is 6. The summed E-state index contributed by atoms with van der Waals surface area (Å²) in [6, 6.07) is 7.74. The summed E-state index contributed by atoms with van der Waals surface area (Å²) in [4.78, 5) is 17.9. The third kappa shape index (κ3) is 4.27. The Hall–Kier alpha value is -1.97. The third-order valence-electron chi connectivity index (χ3n) is 3.41. The molecule has 0 bridgehead atoms. The van der Waals surface area contributed by atoms with E-state index in [1.54, 1.807) is 18.1 Å². The van der Waals surface area contributed by atoms with Crippen LogP contribution in [0.1, 0.15) is 12.0 Å². The summed E-state index contributed by atoms with van der Waals surface area (Å²) < 4.78 is 1.93. The molecule has 0 spiro atoms. The van der Waals surface area contributed by atoms with Gasteiger partial charge in [-0.2, -0.15) is 5.26 Å². The number of hydrogen-bond donors (Lipinski definition) is 0. The fourth-order valence-corrected chi connectivity index (χ4v) is 3.09. The van der Waals surface area contributed by atoms with E-state index in [1.807, 2.05) is 42.0 Å². The Labute approximate surface area is 144 Å². The van der Waals surface area contributed by atoms with Gasteiger partial charge in [0.05, 0.1) is 23.9 Å². The standard InChI is InChI=1S/C16H17ClN4OS/c1-12-13(17)5-3-6-14(12)21-10-8-19-16(21)23-11-15(22)20(2)9-4-7-18/h3,5-6,8,10H,4,9,11H2,1-2H3.